The van der Waals surface area contributed by atoms with Crippen LogP contribution in [0.15, 0.2) is 18.2 Å². The number of halogens is 2. The van der Waals surface area contributed by atoms with E-state index in [0.717, 1.165) is 37.5 Å². The lowest BCUT2D eigenvalue weighted by atomic mass is 10.1. The molecule has 1 N–H and O–H groups in total. The Morgan fingerprint density at radius 1 is 1.32 bits per heavy atom. The van der Waals surface area contributed by atoms with Crippen LogP contribution in [0.25, 0.3) is 0 Å². The van der Waals surface area contributed by atoms with Crippen LogP contribution >= 0.6 is 24.8 Å². The largest absolute Gasteiger partial charge is 0.491 e. The molecular formula is C14H23Cl2N3O3. The lowest BCUT2D eigenvalue weighted by Crippen LogP contribution is -2.42. The number of non-ortho nitro benzene ring substituents is 1. The van der Waals surface area contributed by atoms with Crippen LogP contribution in [0.2, 0.25) is 0 Å². The molecule has 0 unspecified atom stereocenters. The molecule has 1 aliphatic rings. The van der Waals surface area contributed by atoms with Gasteiger partial charge >= 0.3 is 0 Å². The van der Waals surface area contributed by atoms with E-state index in [1.165, 1.54) is 6.07 Å². The minimum atomic E-state index is -0.361. The molecule has 6 nitrogen and oxygen atoms in total. The number of ether oxygens (including phenoxy) is 1. The third-order valence-corrected chi connectivity index (χ3v) is 3.22. The number of nitrogens with one attached hydrogen (secondary N) is 1. The quantitative estimate of drug-likeness (QED) is 0.652. The molecule has 8 heteroatoms. The maximum Gasteiger partial charge on any atom is 0.270 e. The first-order valence-electron chi connectivity index (χ1n) is 6.93. The predicted octanol–water partition coefficient (Wildman–Crippen LogP) is 2.63. The van der Waals surface area contributed by atoms with Crippen molar-refractivity contribution in [1.82, 2.24) is 10.2 Å². The van der Waals surface area contributed by atoms with Crippen molar-refractivity contribution in [2.75, 3.05) is 26.2 Å². The van der Waals surface area contributed by atoms with Gasteiger partial charge in [0, 0.05) is 50.4 Å². The third kappa shape index (κ3) is 5.96. The molecule has 0 aromatic heterocycles. The van der Waals surface area contributed by atoms with Crippen molar-refractivity contribution in [3.63, 3.8) is 0 Å². The summed E-state index contributed by atoms with van der Waals surface area (Å²) < 4.78 is 5.76. The van der Waals surface area contributed by atoms with Gasteiger partial charge in [-0.25, -0.2) is 0 Å². The van der Waals surface area contributed by atoms with E-state index in [0.29, 0.717) is 6.54 Å². The minimum absolute atomic E-state index is 0. The Balaban J connectivity index is 0.00000220. The molecule has 0 bridgehead atoms. The van der Waals surface area contributed by atoms with Gasteiger partial charge in [-0.05, 0) is 19.9 Å². The second-order valence-corrected chi connectivity index (χ2v) is 5.24. The van der Waals surface area contributed by atoms with Crippen LogP contribution in [-0.2, 0) is 6.54 Å². The van der Waals surface area contributed by atoms with Crippen LogP contribution in [-0.4, -0.2) is 42.1 Å². The van der Waals surface area contributed by atoms with Crippen LogP contribution in [0.1, 0.15) is 19.4 Å². The second-order valence-electron chi connectivity index (χ2n) is 5.24. The van der Waals surface area contributed by atoms with Crippen molar-refractivity contribution in [3.05, 3.63) is 33.9 Å². The van der Waals surface area contributed by atoms with Gasteiger partial charge < -0.3 is 10.1 Å². The summed E-state index contributed by atoms with van der Waals surface area (Å²) in [6.07, 6.45) is 0.0539. The van der Waals surface area contributed by atoms with Crippen LogP contribution in [0, 0.1) is 10.1 Å². The number of rotatable bonds is 5. The van der Waals surface area contributed by atoms with Crippen molar-refractivity contribution in [1.29, 1.82) is 0 Å². The van der Waals surface area contributed by atoms with Crippen LogP contribution in [0.5, 0.6) is 5.75 Å². The van der Waals surface area contributed by atoms with Crippen LogP contribution in [0.4, 0.5) is 5.69 Å². The number of benzene rings is 1. The zero-order valence-electron chi connectivity index (χ0n) is 12.8. The number of piperazine rings is 1. The summed E-state index contributed by atoms with van der Waals surface area (Å²) in [5.41, 5.74) is 1.00. The Morgan fingerprint density at radius 3 is 2.50 bits per heavy atom. The molecule has 0 aliphatic carbocycles. The van der Waals surface area contributed by atoms with E-state index in [1.807, 2.05) is 13.8 Å². The smallest absolute Gasteiger partial charge is 0.270 e. The standard InChI is InChI=1S/C14H21N3O3.2ClH/c1-11(2)20-14-4-3-13(17(18)19)9-12(14)10-16-7-5-15-6-8-16;;/h3-4,9,11,15H,5-8,10H2,1-2H3;2*1H. The molecule has 1 heterocycles. The summed E-state index contributed by atoms with van der Waals surface area (Å²) in [6.45, 7) is 8.40. The maximum absolute atomic E-state index is 10.9. The Kier molecular flexibility index (Phi) is 9.36. The zero-order chi connectivity index (χ0) is 14.5. The van der Waals surface area contributed by atoms with Crippen molar-refractivity contribution >= 4 is 30.5 Å². The minimum Gasteiger partial charge on any atom is -0.491 e. The fourth-order valence-corrected chi connectivity index (χ4v) is 2.28. The lowest BCUT2D eigenvalue weighted by molar-refractivity contribution is -0.385. The number of hydrogen-bond acceptors (Lipinski definition) is 5. The molecule has 0 radical (unpaired) electrons. The Morgan fingerprint density at radius 2 is 1.95 bits per heavy atom. The third-order valence-electron chi connectivity index (χ3n) is 3.22. The number of nitro benzene ring substituents is 1. The van der Waals surface area contributed by atoms with Gasteiger partial charge in [0.05, 0.1) is 11.0 Å². The van der Waals surface area contributed by atoms with E-state index in [1.54, 1.807) is 12.1 Å². The summed E-state index contributed by atoms with van der Waals surface area (Å²) in [4.78, 5) is 12.8. The summed E-state index contributed by atoms with van der Waals surface area (Å²) in [5.74, 6) is 0.740. The first kappa shape index (κ1) is 20.9. The van der Waals surface area contributed by atoms with Gasteiger partial charge in [0.1, 0.15) is 5.75 Å². The molecule has 0 atom stereocenters. The van der Waals surface area contributed by atoms with Gasteiger partial charge in [-0.3, -0.25) is 15.0 Å². The highest BCUT2D eigenvalue weighted by Crippen LogP contribution is 2.26. The number of nitro groups is 1. The Labute approximate surface area is 143 Å². The van der Waals surface area contributed by atoms with Gasteiger partial charge in [-0.2, -0.15) is 0 Å². The summed E-state index contributed by atoms with van der Waals surface area (Å²) in [5, 5.41) is 14.2. The lowest BCUT2D eigenvalue weighted by Gasteiger charge is -2.28. The molecular weight excluding hydrogens is 329 g/mol. The average Bonchev–Trinajstić information content (AvgIpc) is 2.41. The van der Waals surface area contributed by atoms with Crippen LogP contribution < -0.4 is 10.1 Å². The number of hydrogen-bond donors (Lipinski definition) is 1. The maximum atomic E-state index is 10.9. The Bertz CT molecular complexity index is 480. The van der Waals surface area contributed by atoms with Gasteiger partial charge in [0.25, 0.3) is 5.69 Å². The molecule has 126 valence electrons. The highest BCUT2D eigenvalue weighted by molar-refractivity contribution is 5.85. The van der Waals surface area contributed by atoms with Gasteiger partial charge in [0.15, 0.2) is 0 Å². The molecule has 2 rings (SSSR count). The normalized spacial score (nSPS) is 14.9. The second kappa shape index (κ2) is 9.84. The van der Waals surface area contributed by atoms with Gasteiger partial charge in [0.2, 0.25) is 0 Å². The van der Waals surface area contributed by atoms with E-state index in [2.05, 4.69) is 10.2 Å². The molecule has 22 heavy (non-hydrogen) atoms. The summed E-state index contributed by atoms with van der Waals surface area (Å²) in [6, 6.07) is 4.83. The van der Waals surface area contributed by atoms with E-state index in [4.69, 9.17) is 4.74 Å². The highest BCUT2D eigenvalue weighted by atomic mass is 35.5. The topological polar surface area (TPSA) is 67.6 Å². The van der Waals surface area contributed by atoms with Gasteiger partial charge in [-0.15, -0.1) is 24.8 Å². The summed E-state index contributed by atoms with van der Waals surface area (Å²) >= 11 is 0. The molecule has 0 spiro atoms. The van der Waals surface area contributed by atoms with Crippen molar-refractivity contribution in [2.24, 2.45) is 0 Å². The van der Waals surface area contributed by atoms with Crippen molar-refractivity contribution in [2.45, 2.75) is 26.5 Å². The fraction of sp³-hybridized carbons (Fsp3) is 0.571. The van der Waals surface area contributed by atoms with E-state index < -0.39 is 0 Å². The van der Waals surface area contributed by atoms with E-state index in [9.17, 15) is 10.1 Å². The molecule has 1 fully saturated rings. The predicted molar refractivity (Wildman–Crippen MR) is 91.5 cm³/mol. The first-order valence-corrected chi connectivity index (χ1v) is 6.93. The number of nitrogens with zero attached hydrogens (tertiary/aromatic N) is 2. The van der Waals surface area contributed by atoms with E-state index >= 15 is 0 Å². The zero-order valence-corrected chi connectivity index (χ0v) is 14.4. The van der Waals surface area contributed by atoms with E-state index in [-0.39, 0.29) is 41.5 Å². The first-order chi connectivity index (χ1) is 9.56. The molecule has 1 aromatic carbocycles. The molecule has 1 aliphatic heterocycles. The fourth-order valence-electron chi connectivity index (χ4n) is 2.28. The van der Waals surface area contributed by atoms with Gasteiger partial charge in [-0.1, -0.05) is 0 Å². The van der Waals surface area contributed by atoms with Crippen molar-refractivity contribution < 1.29 is 9.66 Å². The van der Waals surface area contributed by atoms with Crippen molar-refractivity contribution in [3.8, 4) is 5.75 Å². The molecule has 0 saturated carbocycles. The monoisotopic (exact) mass is 351 g/mol. The highest BCUT2D eigenvalue weighted by Gasteiger charge is 2.17. The van der Waals surface area contributed by atoms with Crippen LogP contribution in [0.3, 0.4) is 0 Å². The SMILES string of the molecule is CC(C)Oc1ccc([N+](=O)[O-])cc1CN1CCNCC1.Cl.Cl. The molecule has 1 aromatic rings. The Hall–Kier alpha value is -1.08. The average molecular weight is 352 g/mol. The molecule has 0 amide bonds. The molecule has 1 saturated heterocycles. The summed E-state index contributed by atoms with van der Waals surface area (Å²) in [7, 11) is 0.